The van der Waals surface area contributed by atoms with Gasteiger partial charge >= 0.3 is 0 Å². The van der Waals surface area contributed by atoms with E-state index in [1.54, 1.807) is 36.9 Å². The van der Waals surface area contributed by atoms with Gasteiger partial charge in [0.15, 0.2) is 0 Å². The summed E-state index contributed by atoms with van der Waals surface area (Å²) in [5.74, 6) is -0.445. The van der Waals surface area contributed by atoms with Crippen LogP contribution in [0.25, 0.3) is 0 Å². The zero-order valence-electron chi connectivity index (χ0n) is 14.9. The maximum absolute atomic E-state index is 13.6. The lowest BCUT2D eigenvalue weighted by molar-refractivity contribution is -0.0674. The van der Waals surface area contributed by atoms with Crippen LogP contribution in [-0.4, -0.2) is 34.3 Å². The molecule has 0 spiro atoms. The van der Waals surface area contributed by atoms with E-state index in [0.29, 0.717) is 13.1 Å². The monoisotopic (exact) mass is 399 g/mol. The molecule has 2 aromatic heterocycles. The zero-order valence-corrected chi connectivity index (χ0v) is 15.7. The van der Waals surface area contributed by atoms with Crippen LogP contribution in [0.3, 0.4) is 0 Å². The molecule has 1 saturated heterocycles. The van der Waals surface area contributed by atoms with Crippen LogP contribution in [0.15, 0.2) is 67.3 Å². The normalized spacial score (nSPS) is 19.9. The molecule has 8 heteroatoms. The highest BCUT2D eigenvalue weighted by atomic mass is 35.5. The van der Waals surface area contributed by atoms with Gasteiger partial charge in [0.1, 0.15) is 12.0 Å². The highest BCUT2D eigenvalue weighted by Gasteiger charge is 2.29. The summed E-state index contributed by atoms with van der Waals surface area (Å²) in [4.78, 5) is 8.07. The molecule has 28 heavy (non-hydrogen) atoms. The van der Waals surface area contributed by atoms with Crippen molar-refractivity contribution in [1.82, 2.24) is 15.0 Å². The smallest absolute Gasteiger partial charge is 0.143 e. The number of morpholine rings is 1. The number of benzene rings is 1. The van der Waals surface area contributed by atoms with Crippen molar-refractivity contribution in [2.24, 2.45) is 0 Å². The number of nitrogens with zero attached hydrogens (tertiary/aromatic N) is 3. The lowest BCUT2D eigenvalue weighted by Crippen LogP contribution is -2.49. The molecular formula is C20H19ClFN5O. The predicted molar refractivity (Wildman–Crippen MR) is 106 cm³/mol. The topological polar surface area (TPSA) is 62.3 Å². The van der Waals surface area contributed by atoms with Crippen LogP contribution in [0.4, 0.5) is 15.8 Å². The van der Waals surface area contributed by atoms with Gasteiger partial charge in [-0.1, -0.05) is 17.7 Å². The fourth-order valence-electron chi connectivity index (χ4n) is 3.07. The van der Waals surface area contributed by atoms with Gasteiger partial charge in [-0.2, -0.15) is 0 Å². The molecular weight excluding hydrogens is 381 g/mol. The lowest BCUT2D eigenvalue weighted by Gasteiger charge is -2.39. The van der Waals surface area contributed by atoms with E-state index in [-0.39, 0.29) is 17.4 Å². The van der Waals surface area contributed by atoms with Crippen LogP contribution in [0.1, 0.15) is 11.7 Å². The molecule has 3 heterocycles. The van der Waals surface area contributed by atoms with Crippen molar-refractivity contribution in [1.29, 1.82) is 0 Å². The number of halogens is 2. The van der Waals surface area contributed by atoms with Crippen LogP contribution in [0.5, 0.6) is 0 Å². The molecule has 6 nitrogen and oxygen atoms in total. The summed E-state index contributed by atoms with van der Waals surface area (Å²) in [5.41, 5.74) is 6.02. The van der Waals surface area contributed by atoms with Gasteiger partial charge in [0.25, 0.3) is 0 Å². The Hall–Kier alpha value is -2.74. The third kappa shape index (κ3) is 4.56. The van der Waals surface area contributed by atoms with E-state index in [9.17, 15) is 4.39 Å². The Morgan fingerprint density at radius 2 is 1.64 bits per heavy atom. The Balaban J connectivity index is 1.55. The summed E-state index contributed by atoms with van der Waals surface area (Å²) in [7, 11) is 0. The highest BCUT2D eigenvalue weighted by Crippen LogP contribution is 2.29. The molecule has 0 aliphatic carbocycles. The van der Waals surface area contributed by atoms with Crippen molar-refractivity contribution in [2.75, 3.05) is 23.8 Å². The number of hydrogen-bond acceptors (Lipinski definition) is 6. The Morgan fingerprint density at radius 3 is 2.32 bits per heavy atom. The van der Waals surface area contributed by atoms with Gasteiger partial charge in [-0.15, -0.1) is 0 Å². The summed E-state index contributed by atoms with van der Waals surface area (Å²) in [6, 6.07) is 12.2. The molecule has 3 aromatic rings. The maximum Gasteiger partial charge on any atom is 0.143 e. The minimum absolute atomic E-state index is 0.0824. The average molecular weight is 400 g/mol. The molecule has 0 bridgehead atoms. The zero-order chi connectivity index (χ0) is 19.3. The number of nitrogens with one attached hydrogen (secondary N) is 2. The third-order valence-electron chi connectivity index (χ3n) is 4.39. The first-order valence-corrected chi connectivity index (χ1v) is 9.24. The lowest BCUT2D eigenvalue weighted by atomic mass is 10.1. The van der Waals surface area contributed by atoms with Crippen molar-refractivity contribution < 1.29 is 9.13 Å². The second-order valence-corrected chi connectivity index (χ2v) is 6.83. The van der Waals surface area contributed by atoms with Gasteiger partial charge in [0.2, 0.25) is 0 Å². The Kier molecular flexibility index (Phi) is 5.66. The summed E-state index contributed by atoms with van der Waals surface area (Å²) in [5, 5.41) is 5.50. The van der Waals surface area contributed by atoms with Crippen LogP contribution in [0.2, 0.25) is 5.02 Å². The highest BCUT2D eigenvalue weighted by molar-refractivity contribution is 6.30. The molecule has 1 fully saturated rings. The molecule has 2 unspecified atom stereocenters. The van der Waals surface area contributed by atoms with Gasteiger partial charge in [0, 0.05) is 37.0 Å². The number of rotatable bonds is 5. The Bertz CT molecular complexity index is 865. The number of aromatic nitrogens is 2. The molecule has 2 atom stereocenters. The number of anilines is 2. The summed E-state index contributed by atoms with van der Waals surface area (Å²) in [6.07, 6.45) is 6.31. The fourth-order valence-corrected chi connectivity index (χ4v) is 3.26. The minimum atomic E-state index is -0.445. The van der Waals surface area contributed by atoms with Gasteiger partial charge in [-0.25, -0.2) is 9.40 Å². The molecule has 0 saturated carbocycles. The van der Waals surface area contributed by atoms with Gasteiger partial charge in [-0.3, -0.25) is 9.97 Å². The van der Waals surface area contributed by atoms with Gasteiger partial charge in [-0.05, 0) is 42.0 Å². The number of hydrazine groups is 1. The van der Waals surface area contributed by atoms with E-state index in [4.69, 9.17) is 16.3 Å². The quantitative estimate of drug-likeness (QED) is 0.673. The maximum atomic E-state index is 13.6. The molecule has 2 N–H and O–H groups in total. The fraction of sp³-hybridized carbons (Fsp3) is 0.200. The first kappa shape index (κ1) is 18.6. The van der Waals surface area contributed by atoms with Crippen LogP contribution in [0, 0.1) is 5.82 Å². The molecule has 1 aromatic carbocycles. The van der Waals surface area contributed by atoms with E-state index in [2.05, 4.69) is 25.7 Å². The van der Waals surface area contributed by atoms with Crippen molar-refractivity contribution >= 4 is 23.0 Å². The summed E-state index contributed by atoms with van der Waals surface area (Å²) in [6.45, 7) is 1.16. The average Bonchev–Trinajstić information content (AvgIpc) is 2.71. The molecule has 4 rings (SSSR count). The van der Waals surface area contributed by atoms with E-state index < -0.39 is 5.82 Å². The van der Waals surface area contributed by atoms with Crippen molar-refractivity contribution in [3.05, 3.63) is 83.7 Å². The standard InChI is InChI=1S/C20H19ClFN5O/c21-17-11-14(1-2-18(17)22)19-12-27(26-16-5-9-24-10-6-16)13-20(28-19)25-15-3-7-23-8-4-15/h1-11,19-20H,12-13H2,(H,23,25)(H,24,26). The third-order valence-corrected chi connectivity index (χ3v) is 4.68. The molecule has 144 valence electrons. The SMILES string of the molecule is Fc1ccc(C2CN(Nc3ccncc3)CC(Nc3ccncc3)O2)cc1Cl. The second-order valence-electron chi connectivity index (χ2n) is 6.42. The first-order chi connectivity index (χ1) is 13.7. The van der Waals surface area contributed by atoms with Crippen LogP contribution < -0.4 is 10.7 Å². The minimum Gasteiger partial charge on any atom is -0.359 e. The summed E-state index contributed by atoms with van der Waals surface area (Å²) < 4.78 is 19.8. The predicted octanol–water partition coefficient (Wildman–Crippen LogP) is 4.11. The van der Waals surface area contributed by atoms with E-state index in [0.717, 1.165) is 16.9 Å². The number of ether oxygens (including phenoxy) is 1. The molecule has 0 radical (unpaired) electrons. The molecule has 0 amide bonds. The van der Waals surface area contributed by atoms with Crippen molar-refractivity contribution in [3.63, 3.8) is 0 Å². The van der Waals surface area contributed by atoms with E-state index in [1.807, 2.05) is 24.3 Å². The second kappa shape index (κ2) is 8.52. The van der Waals surface area contributed by atoms with Crippen molar-refractivity contribution in [3.8, 4) is 0 Å². The molecule has 1 aliphatic heterocycles. The van der Waals surface area contributed by atoms with Crippen molar-refractivity contribution in [2.45, 2.75) is 12.3 Å². The Labute approximate surface area is 167 Å². The summed E-state index contributed by atoms with van der Waals surface area (Å²) >= 11 is 5.98. The van der Waals surface area contributed by atoms with Crippen LogP contribution >= 0.6 is 11.6 Å². The number of pyridine rings is 2. The molecule has 1 aliphatic rings. The van der Waals surface area contributed by atoms with E-state index >= 15 is 0 Å². The van der Waals surface area contributed by atoms with E-state index in [1.165, 1.54) is 6.07 Å². The first-order valence-electron chi connectivity index (χ1n) is 8.86. The number of hydrogen-bond donors (Lipinski definition) is 2. The van der Waals surface area contributed by atoms with Gasteiger partial charge in [0.05, 0.1) is 23.4 Å². The largest absolute Gasteiger partial charge is 0.359 e. The van der Waals surface area contributed by atoms with Crippen LogP contribution in [-0.2, 0) is 4.74 Å². The Morgan fingerprint density at radius 1 is 0.964 bits per heavy atom. The van der Waals surface area contributed by atoms with Gasteiger partial charge < -0.3 is 15.5 Å².